The molecule has 1 amide bonds. The zero-order valence-corrected chi connectivity index (χ0v) is 15.3. The van der Waals surface area contributed by atoms with Crippen molar-refractivity contribution in [2.75, 3.05) is 46.9 Å². The fourth-order valence-electron chi connectivity index (χ4n) is 3.96. The monoisotopic (exact) mass is 354 g/mol. The molecule has 0 saturated carbocycles. The van der Waals surface area contributed by atoms with Crippen molar-refractivity contribution in [1.82, 2.24) is 9.80 Å². The van der Waals surface area contributed by atoms with Crippen molar-refractivity contribution in [3.63, 3.8) is 0 Å². The van der Waals surface area contributed by atoms with Gasteiger partial charge in [0.05, 0.1) is 11.5 Å². The van der Waals surface area contributed by atoms with E-state index in [1.807, 2.05) is 17.9 Å². The van der Waals surface area contributed by atoms with Crippen molar-refractivity contribution in [1.29, 1.82) is 0 Å². The second kappa shape index (κ2) is 8.09. The number of hydrogen-bond donors (Lipinski definition) is 1. The van der Waals surface area contributed by atoms with Crippen molar-refractivity contribution in [2.45, 2.75) is 13.3 Å². The molecular weight excluding hydrogens is 328 g/mol. The molecule has 1 aromatic rings. The number of amides is 1. The first-order valence-electron chi connectivity index (χ1n) is 8.05. The van der Waals surface area contributed by atoms with Crippen LogP contribution in [0.2, 0.25) is 0 Å². The normalized spacial score (nSPS) is 26.5. The zero-order valence-electron chi connectivity index (χ0n) is 14.5. The molecule has 0 radical (unpaired) electrons. The first kappa shape index (κ1) is 18.9. The van der Waals surface area contributed by atoms with Crippen LogP contribution in [0.15, 0.2) is 11.4 Å². The molecule has 3 heterocycles. The Morgan fingerprint density at radius 2 is 2.25 bits per heavy atom. The average molecular weight is 354 g/mol. The lowest BCUT2D eigenvalue weighted by Gasteiger charge is -2.29. The van der Waals surface area contributed by atoms with Gasteiger partial charge in [-0.25, -0.2) is 0 Å². The Balaban J connectivity index is 0.000000647. The van der Waals surface area contributed by atoms with E-state index in [0.717, 1.165) is 44.1 Å². The summed E-state index contributed by atoms with van der Waals surface area (Å²) < 4.78 is 5.42. The minimum absolute atomic E-state index is 0.204. The second-order valence-electron chi connectivity index (χ2n) is 6.78. The molecule has 7 heteroatoms. The molecule has 2 fully saturated rings. The third-order valence-electron chi connectivity index (χ3n) is 4.96. The molecule has 0 aromatic carbocycles. The largest absolute Gasteiger partial charge is 0.483 e. The topological polar surface area (TPSA) is 70.1 Å². The van der Waals surface area contributed by atoms with E-state index in [1.54, 1.807) is 18.4 Å². The fraction of sp³-hybridized carbons (Fsp3) is 0.647. The van der Waals surface area contributed by atoms with Crippen LogP contribution in [0.5, 0.6) is 0 Å². The van der Waals surface area contributed by atoms with Crippen molar-refractivity contribution in [2.24, 2.45) is 11.3 Å². The maximum Gasteiger partial charge on any atom is 0.290 e. The van der Waals surface area contributed by atoms with Gasteiger partial charge in [-0.15, -0.1) is 11.3 Å². The Morgan fingerprint density at radius 1 is 1.54 bits per heavy atom. The Bertz CT molecular complexity index is 577. The van der Waals surface area contributed by atoms with E-state index in [1.165, 1.54) is 5.56 Å². The molecule has 2 atom stereocenters. The number of carbonyl (C=O) groups excluding carboxylic acids is 1. The highest BCUT2D eigenvalue weighted by atomic mass is 32.1. The number of likely N-dealkylation sites (tertiary alicyclic amines) is 2. The fourth-order valence-corrected chi connectivity index (χ4v) is 4.83. The van der Waals surface area contributed by atoms with E-state index < -0.39 is 0 Å². The summed E-state index contributed by atoms with van der Waals surface area (Å²) >= 11 is 1.56. The molecule has 2 aliphatic heterocycles. The minimum Gasteiger partial charge on any atom is -0.483 e. The van der Waals surface area contributed by atoms with E-state index in [2.05, 4.69) is 17.3 Å². The van der Waals surface area contributed by atoms with Gasteiger partial charge in [0.25, 0.3) is 12.4 Å². The first-order chi connectivity index (χ1) is 11.5. The number of hydrogen-bond acceptors (Lipinski definition) is 5. The van der Waals surface area contributed by atoms with Crippen molar-refractivity contribution >= 4 is 23.7 Å². The van der Waals surface area contributed by atoms with Crippen LogP contribution in [0, 0.1) is 18.3 Å². The van der Waals surface area contributed by atoms with Gasteiger partial charge >= 0.3 is 0 Å². The van der Waals surface area contributed by atoms with Crippen LogP contribution in [-0.2, 0) is 9.53 Å². The maximum atomic E-state index is 12.6. The van der Waals surface area contributed by atoms with E-state index >= 15 is 0 Å². The standard InChI is InChI=1S/C16H24N2O2S.CH2O2/c1-12-6-14(21-9-12)15(19)18-5-4-16(11-18)10-17(2)7-13(16)8-20-3;2-1-3/h6,9,13H,4-5,7-8,10-11H2,1-3H3;1H,(H,2,3)/t13-,16+;/m0./s1. The second-order valence-corrected chi connectivity index (χ2v) is 7.69. The zero-order chi connectivity index (χ0) is 17.7. The quantitative estimate of drug-likeness (QED) is 0.838. The summed E-state index contributed by atoms with van der Waals surface area (Å²) in [5, 5.41) is 8.94. The van der Waals surface area contributed by atoms with Crippen molar-refractivity contribution in [3.8, 4) is 0 Å². The van der Waals surface area contributed by atoms with Gasteiger partial charge in [0.1, 0.15) is 0 Å². The van der Waals surface area contributed by atoms with Gasteiger partial charge < -0.3 is 19.6 Å². The third kappa shape index (κ3) is 3.96. The van der Waals surface area contributed by atoms with Gasteiger partial charge in [-0.05, 0) is 37.4 Å². The summed E-state index contributed by atoms with van der Waals surface area (Å²) in [5.74, 6) is 0.742. The summed E-state index contributed by atoms with van der Waals surface area (Å²) in [5.41, 5.74) is 1.40. The lowest BCUT2D eigenvalue weighted by atomic mass is 9.78. The maximum absolute atomic E-state index is 12.6. The van der Waals surface area contributed by atoms with Crippen LogP contribution in [0.3, 0.4) is 0 Å². The predicted octanol–water partition coefficient (Wildman–Crippen LogP) is 1.80. The van der Waals surface area contributed by atoms with Crippen LogP contribution in [0.25, 0.3) is 0 Å². The number of methoxy groups -OCH3 is 1. The summed E-state index contributed by atoms with van der Waals surface area (Å²) in [6.07, 6.45) is 1.10. The predicted molar refractivity (Wildman–Crippen MR) is 93.6 cm³/mol. The summed E-state index contributed by atoms with van der Waals surface area (Å²) in [7, 11) is 3.95. The van der Waals surface area contributed by atoms with E-state index in [-0.39, 0.29) is 17.8 Å². The van der Waals surface area contributed by atoms with E-state index in [9.17, 15) is 4.79 Å². The summed E-state index contributed by atoms with van der Waals surface area (Å²) in [6, 6.07) is 2.01. The molecular formula is C17H26N2O4S. The molecule has 3 rings (SSSR count). The van der Waals surface area contributed by atoms with Crippen LogP contribution >= 0.6 is 11.3 Å². The Labute approximate surface area is 147 Å². The number of ether oxygens (including phenoxy) is 1. The molecule has 0 unspecified atom stereocenters. The molecule has 0 bridgehead atoms. The van der Waals surface area contributed by atoms with Crippen LogP contribution in [0.1, 0.15) is 21.7 Å². The SMILES string of the molecule is COC[C@@H]1CN(C)C[C@@]12CCN(C(=O)c1cc(C)cs1)C2.O=CO. The Morgan fingerprint density at radius 3 is 2.83 bits per heavy atom. The Kier molecular flexibility index (Phi) is 6.37. The molecule has 1 aromatic heterocycles. The Hall–Kier alpha value is -1.44. The highest BCUT2D eigenvalue weighted by molar-refractivity contribution is 7.12. The number of rotatable bonds is 3. The molecule has 1 N–H and O–H groups in total. The molecule has 2 aliphatic rings. The molecule has 6 nitrogen and oxygen atoms in total. The van der Waals surface area contributed by atoms with E-state index in [0.29, 0.717) is 5.92 Å². The molecule has 24 heavy (non-hydrogen) atoms. The van der Waals surface area contributed by atoms with Crippen LogP contribution in [0.4, 0.5) is 0 Å². The molecule has 2 saturated heterocycles. The van der Waals surface area contributed by atoms with Crippen LogP contribution < -0.4 is 0 Å². The van der Waals surface area contributed by atoms with Crippen molar-refractivity contribution in [3.05, 3.63) is 21.9 Å². The highest BCUT2D eigenvalue weighted by Gasteiger charge is 2.50. The van der Waals surface area contributed by atoms with Gasteiger partial charge in [-0.1, -0.05) is 0 Å². The minimum atomic E-state index is -0.250. The van der Waals surface area contributed by atoms with Gasteiger partial charge in [-0.3, -0.25) is 9.59 Å². The highest BCUT2D eigenvalue weighted by Crippen LogP contribution is 2.43. The lowest BCUT2D eigenvalue weighted by Crippen LogP contribution is -2.37. The summed E-state index contributed by atoms with van der Waals surface area (Å²) in [4.78, 5) is 26.3. The molecule has 1 spiro atoms. The molecule has 134 valence electrons. The first-order valence-corrected chi connectivity index (χ1v) is 8.93. The van der Waals surface area contributed by atoms with Gasteiger partial charge in [0, 0.05) is 44.6 Å². The summed E-state index contributed by atoms with van der Waals surface area (Å²) in [6.45, 7) is 6.50. The average Bonchev–Trinajstić information content (AvgIpc) is 3.21. The van der Waals surface area contributed by atoms with Gasteiger partial charge in [0.2, 0.25) is 0 Å². The van der Waals surface area contributed by atoms with Gasteiger partial charge in [0.15, 0.2) is 0 Å². The number of nitrogens with zero attached hydrogens (tertiary/aromatic N) is 2. The third-order valence-corrected chi connectivity index (χ3v) is 6.00. The lowest BCUT2D eigenvalue weighted by molar-refractivity contribution is -0.122. The number of aryl methyl sites for hydroxylation is 1. The van der Waals surface area contributed by atoms with Crippen LogP contribution in [-0.4, -0.2) is 74.2 Å². The number of thiophene rings is 1. The van der Waals surface area contributed by atoms with Gasteiger partial charge in [-0.2, -0.15) is 0 Å². The van der Waals surface area contributed by atoms with E-state index in [4.69, 9.17) is 14.6 Å². The number of carboxylic acid groups (broad SMARTS) is 1. The molecule has 0 aliphatic carbocycles. The van der Waals surface area contributed by atoms with Crippen molar-refractivity contribution < 1.29 is 19.4 Å². The number of carbonyl (C=O) groups is 2. The smallest absolute Gasteiger partial charge is 0.290 e.